The number of aromatic nitrogens is 4. The van der Waals surface area contributed by atoms with Crippen LogP contribution < -0.4 is 5.69 Å². The van der Waals surface area contributed by atoms with Crippen molar-refractivity contribution < 1.29 is 9.90 Å². The zero-order valence-electron chi connectivity index (χ0n) is 8.57. The van der Waals surface area contributed by atoms with Gasteiger partial charge in [0, 0.05) is 12.3 Å². The van der Waals surface area contributed by atoms with Crippen molar-refractivity contribution >= 4 is 12.0 Å². The van der Waals surface area contributed by atoms with Gasteiger partial charge in [-0.15, -0.1) is 0 Å². The highest BCUT2D eigenvalue weighted by molar-refractivity contribution is 5.85. The Morgan fingerprint density at radius 2 is 2.35 bits per heavy atom. The Morgan fingerprint density at radius 3 is 3.00 bits per heavy atom. The molecule has 2 aromatic rings. The van der Waals surface area contributed by atoms with Gasteiger partial charge in [-0.3, -0.25) is 0 Å². The average molecular weight is 232 g/mol. The smallest absolute Gasteiger partial charge is 0.348 e. The Morgan fingerprint density at radius 1 is 1.53 bits per heavy atom. The third-order valence-electron chi connectivity index (χ3n) is 1.99. The van der Waals surface area contributed by atoms with Crippen LogP contribution in [0.3, 0.4) is 0 Å². The van der Waals surface area contributed by atoms with Crippen molar-refractivity contribution in [3.63, 3.8) is 0 Å². The maximum Gasteiger partial charge on any atom is 0.348 e. The molecule has 7 nitrogen and oxygen atoms in total. The Kier molecular flexibility index (Phi) is 2.82. The van der Waals surface area contributed by atoms with Crippen molar-refractivity contribution in [1.82, 2.24) is 19.7 Å². The molecule has 0 aliphatic heterocycles. The van der Waals surface area contributed by atoms with Crippen LogP contribution in [0.4, 0.5) is 0 Å². The molecule has 2 rings (SSSR count). The molecule has 2 N–H and O–H groups in total. The van der Waals surface area contributed by atoms with Crippen LogP contribution >= 0.6 is 0 Å². The molecule has 0 saturated carbocycles. The fourth-order valence-corrected chi connectivity index (χ4v) is 1.25. The minimum Gasteiger partial charge on any atom is -0.478 e. The lowest BCUT2D eigenvalue weighted by atomic mass is 10.2. The van der Waals surface area contributed by atoms with Gasteiger partial charge >= 0.3 is 11.7 Å². The molecule has 0 fully saturated rings. The molecule has 0 aliphatic rings. The molecule has 0 spiro atoms. The van der Waals surface area contributed by atoms with Gasteiger partial charge in [0.05, 0.1) is 0 Å². The molecule has 0 unspecified atom stereocenters. The van der Waals surface area contributed by atoms with E-state index in [0.717, 1.165) is 6.08 Å². The van der Waals surface area contributed by atoms with Crippen molar-refractivity contribution in [2.45, 2.75) is 0 Å². The van der Waals surface area contributed by atoms with Crippen LogP contribution in [0.2, 0.25) is 0 Å². The number of pyridine rings is 1. The van der Waals surface area contributed by atoms with E-state index >= 15 is 0 Å². The second-order valence-electron chi connectivity index (χ2n) is 3.15. The summed E-state index contributed by atoms with van der Waals surface area (Å²) >= 11 is 0. The summed E-state index contributed by atoms with van der Waals surface area (Å²) in [5, 5.41) is 14.3. The van der Waals surface area contributed by atoms with Crippen LogP contribution in [-0.4, -0.2) is 30.8 Å². The van der Waals surface area contributed by atoms with Crippen LogP contribution in [0, 0.1) is 0 Å². The summed E-state index contributed by atoms with van der Waals surface area (Å²) in [6, 6.07) is 3.21. The first-order valence-corrected chi connectivity index (χ1v) is 4.66. The van der Waals surface area contributed by atoms with Crippen molar-refractivity contribution in [2.75, 3.05) is 0 Å². The number of carboxylic acids is 1. The minimum atomic E-state index is -1.04. The Bertz CT molecular complexity index is 626. The molecule has 0 aromatic carbocycles. The first-order chi connectivity index (χ1) is 8.16. The number of aliphatic carboxylic acids is 1. The molecule has 0 saturated heterocycles. The van der Waals surface area contributed by atoms with Crippen molar-refractivity contribution in [3.8, 4) is 5.82 Å². The number of hydrogen-bond donors (Lipinski definition) is 2. The van der Waals surface area contributed by atoms with E-state index in [0.29, 0.717) is 11.4 Å². The number of nitrogens with one attached hydrogen (secondary N) is 1. The Labute approximate surface area is 95.1 Å². The van der Waals surface area contributed by atoms with E-state index in [-0.39, 0.29) is 0 Å². The highest BCUT2D eigenvalue weighted by Crippen LogP contribution is 2.06. The lowest BCUT2D eigenvalue weighted by molar-refractivity contribution is -0.131. The summed E-state index contributed by atoms with van der Waals surface area (Å²) in [5.41, 5.74) is 0.224. The fourth-order valence-electron chi connectivity index (χ4n) is 1.25. The van der Waals surface area contributed by atoms with Gasteiger partial charge in [0.15, 0.2) is 0 Å². The third-order valence-corrected chi connectivity index (χ3v) is 1.99. The summed E-state index contributed by atoms with van der Waals surface area (Å²) in [5.74, 6) is -0.667. The second-order valence-corrected chi connectivity index (χ2v) is 3.15. The van der Waals surface area contributed by atoms with E-state index in [4.69, 9.17) is 5.11 Å². The number of hydrogen-bond acceptors (Lipinski definition) is 4. The van der Waals surface area contributed by atoms with Crippen molar-refractivity contribution in [3.05, 3.63) is 46.8 Å². The molecule has 2 heterocycles. The number of carboxylic acid groups (broad SMARTS) is 1. The van der Waals surface area contributed by atoms with E-state index in [9.17, 15) is 9.59 Å². The number of H-pyrrole nitrogens is 1. The summed E-state index contributed by atoms with van der Waals surface area (Å²) in [4.78, 5) is 25.6. The molecule has 0 bridgehead atoms. The van der Waals surface area contributed by atoms with Crippen LogP contribution in [0.15, 0.2) is 35.5 Å². The third kappa shape index (κ3) is 2.46. The van der Waals surface area contributed by atoms with E-state index in [1.807, 2.05) is 0 Å². The predicted molar refractivity (Wildman–Crippen MR) is 58.6 cm³/mol. The van der Waals surface area contributed by atoms with Gasteiger partial charge in [-0.05, 0) is 23.8 Å². The standard InChI is InChI=1S/C10H8N4O3/c15-9(16)2-1-7-3-4-11-8(5-7)14-6-12-13-10(14)17/h1-6H,(H,13,17)(H,15,16)/b2-1+. The molecular formula is C10H8N4O3. The molecule has 0 aliphatic carbocycles. The maximum atomic E-state index is 11.3. The summed E-state index contributed by atoms with van der Waals surface area (Å²) in [7, 11) is 0. The molecule has 0 atom stereocenters. The lowest BCUT2D eigenvalue weighted by Crippen LogP contribution is -2.15. The molecule has 0 amide bonds. The second kappa shape index (κ2) is 4.44. The normalized spacial score (nSPS) is 10.8. The van der Waals surface area contributed by atoms with E-state index in [2.05, 4.69) is 15.2 Å². The minimum absolute atomic E-state index is 0.372. The van der Waals surface area contributed by atoms with Gasteiger partial charge in [0.1, 0.15) is 12.1 Å². The Balaban J connectivity index is 2.39. The molecular weight excluding hydrogens is 224 g/mol. The maximum absolute atomic E-state index is 11.3. The molecule has 17 heavy (non-hydrogen) atoms. The predicted octanol–water partition coefficient (Wildman–Crippen LogP) is 0.0534. The van der Waals surface area contributed by atoms with Crippen LogP contribution in [0.5, 0.6) is 0 Å². The zero-order chi connectivity index (χ0) is 12.3. The molecule has 7 heteroatoms. The van der Waals surface area contributed by atoms with E-state index < -0.39 is 11.7 Å². The van der Waals surface area contributed by atoms with Gasteiger partial charge < -0.3 is 5.11 Å². The van der Waals surface area contributed by atoms with Crippen LogP contribution in [-0.2, 0) is 4.79 Å². The monoisotopic (exact) mass is 232 g/mol. The van der Waals surface area contributed by atoms with Gasteiger partial charge in [-0.25, -0.2) is 24.2 Å². The van der Waals surface area contributed by atoms with Crippen molar-refractivity contribution in [2.24, 2.45) is 0 Å². The number of carbonyl (C=O) groups is 1. The van der Waals surface area contributed by atoms with Gasteiger partial charge in [0.2, 0.25) is 0 Å². The van der Waals surface area contributed by atoms with Gasteiger partial charge in [0.25, 0.3) is 0 Å². The molecule has 0 radical (unpaired) electrons. The summed E-state index contributed by atoms with van der Waals surface area (Å²) in [6.45, 7) is 0. The SMILES string of the molecule is O=C(O)/C=C/c1ccnc(-n2cn[nH]c2=O)c1. The average Bonchev–Trinajstić information content (AvgIpc) is 2.73. The number of nitrogens with zero attached hydrogens (tertiary/aromatic N) is 3. The topological polar surface area (TPSA) is 101 Å². The zero-order valence-corrected chi connectivity index (χ0v) is 8.57. The quantitative estimate of drug-likeness (QED) is 0.728. The molecule has 86 valence electrons. The number of aromatic amines is 1. The summed E-state index contributed by atoms with van der Waals surface area (Å²) < 4.78 is 1.22. The van der Waals surface area contributed by atoms with Crippen molar-refractivity contribution in [1.29, 1.82) is 0 Å². The highest BCUT2D eigenvalue weighted by atomic mass is 16.4. The molecule has 2 aromatic heterocycles. The van der Waals surface area contributed by atoms with E-state index in [1.165, 1.54) is 23.2 Å². The van der Waals surface area contributed by atoms with Gasteiger partial charge in [-0.2, -0.15) is 5.10 Å². The van der Waals surface area contributed by atoms with Crippen LogP contribution in [0.1, 0.15) is 5.56 Å². The van der Waals surface area contributed by atoms with Crippen LogP contribution in [0.25, 0.3) is 11.9 Å². The first kappa shape index (κ1) is 10.8. The fraction of sp³-hybridized carbons (Fsp3) is 0. The van der Waals surface area contributed by atoms with E-state index in [1.54, 1.807) is 12.1 Å². The first-order valence-electron chi connectivity index (χ1n) is 4.66. The number of rotatable bonds is 3. The Hall–Kier alpha value is -2.70. The lowest BCUT2D eigenvalue weighted by Gasteiger charge is -1.99. The largest absolute Gasteiger partial charge is 0.478 e. The van der Waals surface area contributed by atoms with Gasteiger partial charge in [-0.1, -0.05) is 0 Å². The highest BCUT2D eigenvalue weighted by Gasteiger charge is 2.02. The summed E-state index contributed by atoms with van der Waals surface area (Å²) in [6.07, 6.45) is 5.21.